The van der Waals surface area contributed by atoms with Crippen molar-refractivity contribution >= 4 is 23.5 Å². The SMILES string of the molecule is CCCCCC(O)/C=C/C1C(O)CC2(CC)N=C(CCCC(=O)S)CC12. The van der Waals surface area contributed by atoms with Gasteiger partial charge in [-0.25, -0.2) is 0 Å². The van der Waals surface area contributed by atoms with Gasteiger partial charge >= 0.3 is 0 Å². The van der Waals surface area contributed by atoms with Gasteiger partial charge in [0, 0.05) is 18.1 Å². The van der Waals surface area contributed by atoms with Gasteiger partial charge in [-0.05, 0) is 44.4 Å². The predicted molar refractivity (Wildman–Crippen MR) is 110 cm³/mol. The van der Waals surface area contributed by atoms with Crippen molar-refractivity contribution in [2.75, 3.05) is 0 Å². The van der Waals surface area contributed by atoms with Crippen LogP contribution < -0.4 is 0 Å². The van der Waals surface area contributed by atoms with Crippen LogP contribution >= 0.6 is 12.6 Å². The molecule has 0 amide bonds. The summed E-state index contributed by atoms with van der Waals surface area (Å²) in [4.78, 5) is 16.0. The minimum absolute atomic E-state index is 0.0588. The van der Waals surface area contributed by atoms with E-state index in [2.05, 4.69) is 26.5 Å². The summed E-state index contributed by atoms with van der Waals surface area (Å²) in [6, 6.07) is 0. The molecule has 0 spiro atoms. The van der Waals surface area contributed by atoms with Crippen LogP contribution in [0.15, 0.2) is 17.1 Å². The van der Waals surface area contributed by atoms with Gasteiger partial charge in [0.05, 0.1) is 17.7 Å². The first-order valence-electron chi connectivity index (χ1n) is 10.3. The number of carbonyl (C=O) groups is 1. The molecule has 0 saturated heterocycles. The van der Waals surface area contributed by atoms with Gasteiger partial charge in [-0.2, -0.15) is 0 Å². The number of aliphatic imine (C=N–C) groups is 1. The van der Waals surface area contributed by atoms with E-state index in [4.69, 9.17) is 4.99 Å². The van der Waals surface area contributed by atoms with Gasteiger partial charge in [-0.15, -0.1) is 12.6 Å². The zero-order valence-corrected chi connectivity index (χ0v) is 17.1. The standard InChI is InChI=1S/C21H35NO3S/c1-3-5-6-9-16(23)11-12-17-18-13-15(8-7-10-20(25)26)22-21(18,4-2)14-19(17)24/h11-12,16-19,23-24H,3-10,13-14H2,1-2H3,(H,25,26)/b12-11+. The molecule has 1 heterocycles. The number of thiol groups is 1. The summed E-state index contributed by atoms with van der Waals surface area (Å²) < 4.78 is 0. The third-order valence-electron chi connectivity index (χ3n) is 6.13. The maximum atomic E-state index is 11.0. The molecule has 1 aliphatic carbocycles. The largest absolute Gasteiger partial charge is 0.392 e. The zero-order valence-electron chi connectivity index (χ0n) is 16.2. The molecule has 2 N–H and O–H groups in total. The summed E-state index contributed by atoms with van der Waals surface area (Å²) in [5.41, 5.74) is 1.02. The van der Waals surface area contributed by atoms with Gasteiger partial charge in [0.25, 0.3) is 0 Å². The number of hydrogen-bond acceptors (Lipinski definition) is 4. The number of fused-ring (bicyclic) bond motifs is 1. The highest BCUT2D eigenvalue weighted by Crippen LogP contribution is 2.51. The Hall–Kier alpha value is -0.650. The smallest absolute Gasteiger partial charge is 0.185 e. The molecule has 5 atom stereocenters. The van der Waals surface area contributed by atoms with Gasteiger partial charge < -0.3 is 10.2 Å². The van der Waals surface area contributed by atoms with E-state index in [-0.39, 0.29) is 22.7 Å². The van der Waals surface area contributed by atoms with Gasteiger partial charge in [0.2, 0.25) is 0 Å². The quantitative estimate of drug-likeness (QED) is 0.287. The molecule has 5 unspecified atom stereocenters. The van der Waals surface area contributed by atoms with Crippen molar-refractivity contribution in [2.45, 2.75) is 95.8 Å². The Bertz CT molecular complexity index is 533. The highest BCUT2D eigenvalue weighted by molar-refractivity contribution is 7.96. The minimum Gasteiger partial charge on any atom is -0.392 e. The Morgan fingerprint density at radius 2 is 2.15 bits per heavy atom. The highest BCUT2D eigenvalue weighted by Gasteiger charge is 2.54. The first-order chi connectivity index (χ1) is 12.4. The molecule has 0 radical (unpaired) electrons. The second-order valence-electron chi connectivity index (χ2n) is 7.99. The number of unbranched alkanes of at least 4 members (excludes halogenated alkanes) is 2. The lowest BCUT2D eigenvalue weighted by molar-refractivity contribution is -0.110. The van der Waals surface area contributed by atoms with Gasteiger partial charge in [0.15, 0.2) is 5.12 Å². The van der Waals surface area contributed by atoms with Gasteiger partial charge in [-0.1, -0.05) is 45.3 Å². The van der Waals surface area contributed by atoms with Crippen LogP contribution in [0.25, 0.3) is 0 Å². The molecular weight excluding hydrogens is 346 g/mol. The molecule has 0 aromatic carbocycles. The minimum atomic E-state index is -0.423. The molecule has 26 heavy (non-hydrogen) atoms. The molecule has 5 heteroatoms. The van der Waals surface area contributed by atoms with Crippen LogP contribution in [0.3, 0.4) is 0 Å². The van der Waals surface area contributed by atoms with Crippen LogP contribution in [-0.2, 0) is 4.79 Å². The number of nitrogens with zero attached hydrogens (tertiary/aromatic N) is 1. The lowest BCUT2D eigenvalue weighted by atomic mass is 9.80. The number of rotatable bonds is 11. The van der Waals surface area contributed by atoms with E-state index in [1.54, 1.807) is 0 Å². The van der Waals surface area contributed by atoms with Gasteiger partial charge in [0.1, 0.15) is 0 Å². The lowest BCUT2D eigenvalue weighted by Gasteiger charge is -2.26. The number of aliphatic hydroxyl groups is 2. The predicted octanol–water partition coefficient (Wildman–Crippen LogP) is 4.10. The molecular formula is C21H35NO3S. The second-order valence-corrected chi connectivity index (χ2v) is 8.49. The molecule has 0 aromatic heterocycles. The fraction of sp³-hybridized carbons (Fsp3) is 0.810. The summed E-state index contributed by atoms with van der Waals surface area (Å²) in [6.45, 7) is 4.31. The number of aliphatic hydroxyl groups excluding tert-OH is 2. The first-order valence-corrected chi connectivity index (χ1v) is 10.7. The van der Waals surface area contributed by atoms with Crippen molar-refractivity contribution in [2.24, 2.45) is 16.8 Å². The van der Waals surface area contributed by atoms with E-state index in [1.165, 1.54) is 5.71 Å². The second kappa shape index (κ2) is 10.0. The van der Waals surface area contributed by atoms with Crippen molar-refractivity contribution < 1.29 is 15.0 Å². The molecule has 2 aliphatic rings. The van der Waals surface area contributed by atoms with Crippen LogP contribution in [-0.4, -0.2) is 38.8 Å². The summed E-state index contributed by atoms with van der Waals surface area (Å²) >= 11 is 3.83. The maximum Gasteiger partial charge on any atom is 0.185 e. The Labute approximate surface area is 163 Å². The van der Waals surface area contributed by atoms with E-state index in [0.29, 0.717) is 18.8 Å². The van der Waals surface area contributed by atoms with Gasteiger partial charge in [-0.3, -0.25) is 9.79 Å². The zero-order chi connectivity index (χ0) is 19.2. The first kappa shape index (κ1) is 21.6. The Balaban J connectivity index is 1.97. The Kier molecular flexibility index (Phi) is 8.37. The van der Waals surface area contributed by atoms with E-state index < -0.39 is 6.10 Å². The van der Waals surface area contributed by atoms with Crippen molar-refractivity contribution in [3.8, 4) is 0 Å². The highest BCUT2D eigenvalue weighted by atomic mass is 32.1. The van der Waals surface area contributed by atoms with Crippen LogP contribution in [0.2, 0.25) is 0 Å². The molecule has 0 bridgehead atoms. The Morgan fingerprint density at radius 3 is 2.81 bits per heavy atom. The lowest BCUT2D eigenvalue weighted by Crippen LogP contribution is -2.28. The number of hydrogen-bond donors (Lipinski definition) is 3. The molecule has 1 aliphatic heterocycles. The van der Waals surface area contributed by atoms with E-state index >= 15 is 0 Å². The van der Waals surface area contributed by atoms with E-state index in [9.17, 15) is 15.0 Å². The normalized spacial score (nSPS) is 32.0. The van der Waals surface area contributed by atoms with Crippen molar-refractivity contribution in [1.29, 1.82) is 0 Å². The molecule has 1 fully saturated rings. The fourth-order valence-corrected chi connectivity index (χ4v) is 4.81. The summed E-state index contributed by atoms with van der Waals surface area (Å²) in [7, 11) is 0. The van der Waals surface area contributed by atoms with Crippen molar-refractivity contribution in [1.82, 2.24) is 0 Å². The van der Waals surface area contributed by atoms with Crippen LogP contribution in [0.1, 0.15) is 78.1 Å². The molecule has 4 nitrogen and oxygen atoms in total. The van der Waals surface area contributed by atoms with Crippen LogP contribution in [0.5, 0.6) is 0 Å². The summed E-state index contributed by atoms with van der Waals surface area (Å²) in [5.74, 6) is 0.367. The molecule has 148 valence electrons. The average molecular weight is 382 g/mol. The maximum absolute atomic E-state index is 11.0. The van der Waals surface area contributed by atoms with Crippen LogP contribution in [0.4, 0.5) is 0 Å². The van der Waals surface area contributed by atoms with Crippen molar-refractivity contribution in [3.63, 3.8) is 0 Å². The Morgan fingerprint density at radius 1 is 1.38 bits per heavy atom. The molecule has 1 saturated carbocycles. The third kappa shape index (κ3) is 5.43. The monoisotopic (exact) mass is 381 g/mol. The van der Waals surface area contributed by atoms with Crippen molar-refractivity contribution in [3.05, 3.63) is 12.2 Å². The fourth-order valence-electron chi connectivity index (χ4n) is 4.65. The third-order valence-corrected chi connectivity index (χ3v) is 6.35. The van der Waals surface area contributed by atoms with E-state index in [1.807, 2.05) is 12.2 Å². The molecule has 2 rings (SSSR count). The topological polar surface area (TPSA) is 69.9 Å². The summed E-state index contributed by atoms with van der Waals surface area (Å²) in [6.07, 6.45) is 11.9. The number of carbonyl (C=O) groups excluding carboxylic acids is 1. The van der Waals surface area contributed by atoms with E-state index in [0.717, 1.165) is 51.4 Å². The molecule has 0 aromatic rings. The average Bonchev–Trinajstić information content (AvgIpc) is 3.05. The summed E-state index contributed by atoms with van der Waals surface area (Å²) in [5, 5.41) is 20.7. The van der Waals surface area contributed by atoms with Crippen LogP contribution in [0, 0.1) is 11.8 Å².